The Morgan fingerprint density at radius 2 is 2.05 bits per heavy atom. The standard InChI is InChI=1S/C15H31NO2SSi/c1-6-7-8-9-12-20(4,5)18-14(17)13-15(2,3)19-11-10-16-13/h13,16H,6-12H2,1-5H3. The van der Waals surface area contributed by atoms with Crippen molar-refractivity contribution in [1.29, 1.82) is 0 Å². The Balaban J connectivity index is 2.46. The van der Waals surface area contributed by atoms with Crippen LogP contribution in [0.3, 0.4) is 0 Å². The zero-order chi connectivity index (χ0) is 15.2. The van der Waals surface area contributed by atoms with Gasteiger partial charge in [-0.05, 0) is 33.0 Å². The van der Waals surface area contributed by atoms with Gasteiger partial charge in [-0.25, -0.2) is 0 Å². The maximum atomic E-state index is 12.5. The second-order valence-electron chi connectivity index (χ2n) is 6.83. The van der Waals surface area contributed by atoms with Crippen LogP contribution in [0.15, 0.2) is 0 Å². The Kier molecular flexibility index (Phi) is 7.08. The fourth-order valence-corrected chi connectivity index (χ4v) is 5.53. The average Bonchev–Trinajstić information content (AvgIpc) is 2.33. The minimum atomic E-state index is -1.86. The molecule has 0 radical (unpaired) electrons. The van der Waals surface area contributed by atoms with Crippen LogP contribution < -0.4 is 5.32 Å². The van der Waals surface area contributed by atoms with E-state index in [0.29, 0.717) is 0 Å². The third-order valence-corrected chi connectivity index (χ3v) is 7.56. The quantitative estimate of drug-likeness (QED) is 0.572. The van der Waals surface area contributed by atoms with E-state index in [1.807, 2.05) is 11.8 Å². The van der Waals surface area contributed by atoms with E-state index in [0.717, 1.165) is 18.3 Å². The minimum absolute atomic E-state index is 0.0330. The molecule has 0 aliphatic carbocycles. The molecule has 1 heterocycles. The zero-order valence-electron chi connectivity index (χ0n) is 13.8. The van der Waals surface area contributed by atoms with Gasteiger partial charge in [0, 0.05) is 17.0 Å². The topological polar surface area (TPSA) is 38.3 Å². The van der Waals surface area contributed by atoms with Gasteiger partial charge < -0.3 is 9.74 Å². The van der Waals surface area contributed by atoms with Crippen LogP contribution in [0.4, 0.5) is 0 Å². The Labute approximate surface area is 129 Å². The number of carbonyl (C=O) groups is 1. The number of unbranched alkanes of at least 4 members (excludes halogenated alkanes) is 3. The monoisotopic (exact) mass is 317 g/mol. The second kappa shape index (κ2) is 7.85. The van der Waals surface area contributed by atoms with E-state index in [1.54, 1.807) is 0 Å². The first-order valence-corrected chi connectivity index (χ1v) is 12.0. The number of carbonyl (C=O) groups excluding carboxylic acids is 1. The van der Waals surface area contributed by atoms with Crippen molar-refractivity contribution in [3.8, 4) is 0 Å². The Hall–Kier alpha value is -0.00312. The third-order valence-electron chi connectivity index (χ3n) is 3.86. The summed E-state index contributed by atoms with van der Waals surface area (Å²) in [6, 6.07) is 0.919. The Morgan fingerprint density at radius 3 is 2.65 bits per heavy atom. The van der Waals surface area contributed by atoms with E-state index in [-0.39, 0.29) is 16.8 Å². The molecule has 0 saturated carbocycles. The highest BCUT2D eigenvalue weighted by molar-refractivity contribution is 8.00. The zero-order valence-corrected chi connectivity index (χ0v) is 15.6. The highest BCUT2D eigenvalue weighted by atomic mass is 32.2. The molecule has 0 bridgehead atoms. The van der Waals surface area contributed by atoms with E-state index in [4.69, 9.17) is 4.43 Å². The Morgan fingerprint density at radius 1 is 1.35 bits per heavy atom. The van der Waals surface area contributed by atoms with Crippen molar-refractivity contribution in [2.24, 2.45) is 0 Å². The third kappa shape index (κ3) is 5.78. The fraction of sp³-hybridized carbons (Fsp3) is 0.933. The molecule has 1 aliphatic heterocycles. The van der Waals surface area contributed by atoms with Crippen molar-refractivity contribution < 1.29 is 9.22 Å². The highest BCUT2D eigenvalue weighted by Crippen LogP contribution is 2.32. The molecule has 118 valence electrons. The van der Waals surface area contributed by atoms with E-state index >= 15 is 0 Å². The molecule has 0 amide bonds. The lowest BCUT2D eigenvalue weighted by Gasteiger charge is -2.38. The van der Waals surface area contributed by atoms with Crippen LogP contribution in [0.5, 0.6) is 0 Å². The Bertz CT molecular complexity index is 321. The molecular formula is C15H31NO2SSi. The predicted octanol–water partition coefficient (Wildman–Crippen LogP) is 3.80. The summed E-state index contributed by atoms with van der Waals surface area (Å²) in [6.07, 6.45) is 4.98. The summed E-state index contributed by atoms with van der Waals surface area (Å²) < 4.78 is 5.85. The van der Waals surface area contributed by atoms with Crippen molar-refractivity contribution in [2.45, 2.75) is 76.4 Å². The summed E-state index contributed by atoms with van der Waals surface area (Å²) in [5.41, 5.74) is 0. The van der Waals surface area contributed by atoms with E-state index in [1.165, 1.54) is 25.7 Å². The molecule has 0 aromatic rings. The van der Waals surface area contributed by atoms with Crippen molar-refractivity contribution in [3.05, 3.63) is 0 Å². The molecule has 0 aromatic heterocycles. The van der Waals surface area contributed by atoms with Gasteiger partial charge in [0.05, 0.1) is 0 Å². The molecule has 1 fully saturated rings. The molecule has 1 rings (SSSR count). The number of hydrogen-bond donors (Lipinski definition) is 1. The maximum absolute atomic E-state index is 12.5. The van der Waals surface area contributed by atoms with Crippen LogP contribution in [0, 0.1) is 0 Å². The van der Waals surface area contributed by atoms with E-state index in [9.17, 15) is 4.79 Å². The highest BCUT2D eigenvalue weighted by Gasteiger charge is 2.41. The first-order chi connectivity index (χ1) is 9.28. The van der Waals surface area contributed by atoms with Gasteiger partial charge in [0.1, 0.15) is 6.04 Å². The van der Waals surface area contributed by atoms with Gasteiger partial charge >= 0.3 is 5.97 Å². The van der Waals surface area contributed by atoms with Crippen LogP contribution in [0.2, 0.25) is 19.1 Å². The van der Waals surface area contributed by atoms with Gasteiger partial charge in [0.15, 0.2) is 0 Å². The predicted molar refractivity (Wildman–Crippen MR) is 90.9 cm³/mol. The molecule has 1 aliphatic rings. The lowest BCUT2D eigenvalue weighted by atomic mass is 10.0. The molecule has 0 spiro atoms. The molecule has 1 atom stereocenters. The largest absolute Gasteiger partial charge is 0.518 e. The second-order valence-corrected chi connectivity index (χ2v) is 12.8. The molecule has 1 N–H and O–H groups in total. The van der Waals surface area contributed by atoms with Gasteiger partial charge in [0.25, 0.3) is 0 Å². The summed E-state index contributed by atoms with van der Waals surface area (Å²) in [7, 11) is -1.86. The van der Waals surface area contributed by atoms with Gasteiger partial charge in [-0.1, -0.05) is 32.6 Å². The van der Waals surface area contributed by atoms with E-state index in [2.05, 4.69) is 39.2 Å². The lowest BCUT2D eigenvalue weighted by molar-refractivity contribution is -0.138. The number of rotatable bonds is 7. The first kappa shape index (κ1) is 18.0. The average molecular weight is 318 g/mol. The summed E-state index contributed by atoms with van der Waals surface area (Å²) in [4.78, 5) is 12.5. The van der Waals surface area contributed by atoms with Crippen LogP contribution in [-0.2, 0) is 9.22 Å². The molecule has 1 unspecified atom stereocenters. The maximum Gasteiger partial charge on any atom is 0.311 e. The summed E-state index contributed by atoms with van der Waals surface area (Å²) in [5.74, 6) is 1.03. The van der Waals surface area contributed by atoms with Gasteiger partial charge in [0.2, 0.25) is 8.32 Å². The molecule has 0 aromatic carbocycles. The summed E-state index contributed by atoms with van der Waals surface area (Å²) >= 11 is 1.86. The molecule has 1 saturated heterocycles. The van der Waals surface area contributed by atoms with Crippen molar-refractivity contribution >= 4 is 26.0 Å². The smallest absolute Gasteiger partial charge is 0.311 e. The number of nitrogens with one attached hydrogen (secondary N) is 1. The van der Waals surface area contributed by atoms with E-state index < -0.39 is 8.32 Å². The molecule has 5 heteroatoms. The normalized spacial score (nSPS) is 22.6. The minimum Gasteiger partial charge on any atom is -0.518 e. The molecular weight excluding hydrogens is 286 g/mol. The van der Waals surface area contributed by atoms with Gasteiger partial charge in [-0.15, -0.1) is 0 Å². The van der Waals surface area contributed by atoms with Crippen LogP contribution in [-0.4, -0.2) is 37.4 Å². The fourth-order valence-electron chi connectivity index (χ4n) is 2.57. The van der Waals surface area contributed by atoms with Crippen LogP contribution in [0.25, 0.3) is 0 Å². The number of thioether (sulfide) groups is 1. The SMILES string of the molecule is CCCCCC[Si](C)(C)OC(=O)C1NCCSC1(C)C. The number of hydrogen-bond acceptors (Lipinski definition) is 4. The van der Waals surface area contributed by atoms with Crippen molar-refractivity contribution in [3.63, 3.8) is 0 Å². The summed E-state index contributed by atoms with van der Waals surface area (Å²) in [5, 5.41) is 3.33. The van der Waals surface area contributed by atoms with Crippen LogP contribution in [0.1, 0.15) is 46.5 Å². The molecule has 20 heavy (non-hydrogen) atoms. The van der Waals surface area contributed by atoms with Gasteiger partial charge in [-0.2, -0.15) is 11.8 Å². The first-order valence-electron chi connectivity index (χ1n) is 7.89. The van der Waals surface area contributed by atoms with Crippen LogP contribution >= 0.6 is 11.8 Å². The van der Waals surface area contributed by atoms with Gasteiger partial charge in [-0.3, -0.25) is 4.79 Å². The molecule has 3 nitrogen and oxygen atoms in total. The summed E-state index contributed by atoms with van der Waals surface area (Å²) in [6.45, 7) is 11.7. The van der Waals surface area contributed by atoms with Crippen molar-refractivity contribution in [1.82, 2.24) is 5.32 Å². The lowest BCUT2D eigenvalue weighted by Crippen LogP contribution is -2.56. The van der Waals surface area contributed by atoms with Crippen molar-refractivity contribution in [2.75, 3.05) is 12.3 Å².